The first-order valence-corrected chi connectivity index (χ1v) is 13.6. The number of ether oxygens (including phenoxy) is 1. The van der Waals surface area contributed by atoms with E-state index < -0.39 is 11.5 Å². The Labute approximate surface area is 227 Å². The second kappa shape index (κ2) is 11.3. The number of carbonyl (C=O) groups is 2. The van der Waals surface area contributed by atoms with Crippen molar-refractivity contribution in [1.82, 2.24) is 24.9 Å². The van der Waals surface area contributed by atoms with Crippen molar-refractivity contribution < 1.29 is 23.8 Å². The minimum absolute atomic E-state index is 0.00778. The van der Waals surface area contributed by atoms with Crippen molar-refractivity contribution in [1.29, 1.82) is 0 Å². The molecule has 208 valence electrons. The summed E-state index contributed by atoms with van der Waals surface area (Å²) in [4.78, 5) is 28.8. The largest absolute Gasteiger partial charge is 0.457 e. The molecule has 0 spiro atoms. The van der Waals surface area contributed by atoms with E-state index in [4.69, 9.17) is 4.74 Å². The third-order valence-corrected chi connectivity index (χ3v) is 7.40. The summed E-state index contributed by atoms with van der Waals surface area (Å²) >= 11 is 0. The molecule has 1 aliphatic heterocycles. The Hall–Kier alpha value is -3.50. The number of aliphatic hydroxyl groups is 1. The third-order valence-electron chi connectivity index (χ3n) is 7.40. The molecule has 1 aromatic heterocycles. The summed E-state index contributed by atoms with van der Waals surface area (Å²) in [6.45, 7) is 6.08. The number of halogens is 1. The van der Waals surface area contributed by atoms with E-state index in [1.54, 1.807) is 11.0 Å². The fraction of sp³-hybridized carbons (Fsp3) is 0.483. The van der Waals surface area contributed by atoms with Crippen LogP contribution in [0.25, 0.3) is 10.9 Å². The number of benzene rings is 2. The molecular weight excluding hydrogens is 501 g/mol. The fourth-order valence-corrected chi connectivity index (χ4v) is 5.12. The minimum Gasteiger partial charge on any atom is -0.457 e. The molecule has 2 heterocycles. The quantitative estimate of drug-likeness (QED) is 0.407. The molecule has 2 aromatic carbocycles. The number of aromatic nitrogens is 2. The van der Waals surface area contributed by atoms with Gasteiger partial charge in [-0.2, -0.15) is 5.10 Å². The maximum Gasteiger partial charge on any atom is 0.236 e. The number of rotatable bonds is 9. The highest BCUT2D eigenvalue weighted by atomic mass is 19.1. The number of amides is 2. The van der Waals surface area contributed by atoms with Crippen LogP contribution in [0.5, 0.6) is 11.5 Å². The van der Waals surface area contributed by atoms with Gasteiger partial charge in [0.15, 0.2) is 0 Å². The second-order valence-electron chi connectivity index (χ2n) is 11.1. The smallest absolute Gasteiger partial charge is 0.236 e. The van der Waals surface area contributed by atoms with Crippen molar-refractivity contribution in [2.75, 3.05) is 32.7 Å². The highest BCUT2D eigenvalue weighted by Gasteiger charge is 2.25. The van der Waals surface area contributed by atoms with Gasteiger partial charge in [-0.1, -0.05) is 6.42 Å². The Bertz CT molecular complexity index is 1340. The van der Waals surface area contributed by atoms with Gasteiger partial charge in [0.2, 0.25) is 11.8 Å². The number of carbonyl (C=O) groups excluding carboxylic acids is 2. The molecule has 2 aliphatic rings. The Morgan fingerprint density at radius 3 is 2.59 bits per heavy atom. The molecule has 0 unspecified atom stereocenters. The molecule has 9 nitrogen and oxygen atoms in total. The van der Waals surface area contributed by atoms with Gasteiger partial charge in [0.1, 0.15) is 23.0 Å². The van der Waals surface area contributed by atoms with Gasteiger partial charge in [0.25, 0.3) is 0 Å². The molecule has 5 rings (SSSR count). The average molecular weight is 538 g/mol. The Balaban J connectivity index is 1.20. The van der Waals surface area contributed by atoms with Crippen LogP contribution in [-0.2, 0) is 22.6 Å². The zero-order chi connectivity index (χ0) is 27.6. The van der Waals surface area contributed by atoms with Gasteiger partial charge in [0.05, 0.1) is 24.7 Å². The number of fused-ring (bicyclic) bond motifs is 1. The van der Waals surface area contributed by atoms with Gasteiger partial charge in [0, 0.05) is 43.7 Å². The van der Waals surface area contributed by atoms with E-state index in [1.807, 2.05) is 34.0 Å². The van der Waals surface area contributed by atoms with Gasteiger partial charge in [-0.15, -0.1) is 0 Å². The summed E-state index contributed by atoms with van der Waals surface area (Å²) in [5.41, 5.74) is 0.260. The second-order valence-corrected chi connectivity index (χ2v) is 11.1. The van der Waals surface area contributed by atoms with E-state index in [2.05, 4.69) is 10.4 Å². The monoisotopic (exact) mass is 537 g/mol. The molecular formula is C29H36FN5O4. The zero-order valence-corrected chi connectivity index (χ0v) is 22.5. The van der Waals surface area contributed by atoms with Crippen molar-refractivity contribution in [2.45, 2.75) is 51.8 Å². The van der Waals surface area contributed by atoms with Crippen LogP contribution in [0.3, 0.4) is 0 Å². The Morgan fingerprint density at radius 1 is 1.13 bits per heavy atom. The molecule has 0 bridgehead atoms. The zero-order valence-electron chi connectivity index (χ0n) is 22.5. The summed E-state index contributed by atoms with van der Waals surface area (Å²) in [6.07, 6.45) is 5.65. The highest BCUT2D eigenvalue weighted by molar-refractivity contribution is 5.81. The Morgan fingerprint density at radius 2 is 1.90 bits per heavy atom. The molecule has 2 N–H and O–H groups in total. The number of piperazine rings is 1. The van der Waals surface area contributed by atoms with Crippen molar-refractivity contribution in [3.8, 4) is 11.5 Å². The highest BCUT2D eigenvalue weighted by Crippen LogP contribution is 2.32. The molecule has 10 heteroatoms. The maximum atomic E-state index is 14.2. The number of hydrogen-bond donors (Lipinski definition) is 2. The van der Waals surface area contributed by atoms with Crippen molar-refractivity contribution >= 4 is 22.7 Å². The lowest BCUT2D eigenvalue weighted by atomic mass is 9.85. The molecule has 2 fully saturated rings. The molecule has 2 amide bonds. The van der Waals surface area contributed by atoms with Crippen LogP contribution < -0.4 is 10.1 Å². The first kappa shape index (κ1) is 27.1. The standard InChI is InChI=1S/C29H36FN5O4/c1-29(2,38)32-27(36)19-33-10-12-34(13-11-33)28(37)16-21-14-23(30)6-9-26(21)39-24-7-8-25-22(15-24)17-31-35(25)18-20-4-3-5-20/h6-9,14-15,17,20,38H,3-5,10-13,16,18-19H2,1-2H3,(H,32,36). The number of hydrogen-bond acceptors (Lipinski definition) is 6. The van der Waals surface area contributed by atoms with Crippen LogP contribution in [0.2, 0.25) is 0 Å². The van der Waals surface area contributed by atoms with E-state index in [-0.39, 0.29) is 24.8 Å². The normalized spacial score (nSPS) is 16.8. The topological polar surface area (TPSA) is 99.9 Å². The summed E-state index contributed by atoms with van der Waals surface area (Å²) in [5.74, 6) is 0.910. The summed E-state index contributed by atoms with van der Waals surface area (Å²) < 4.78 is 22.3. The molecule has 0 atom stereocenters. The first-order chi connectivity index (χ1) is 18.6. The van der Waals surface area contributed by atoms with Gasteiger partial charge in [-0.3, -0.25) is 19.2 Å². The molecule has 1 saturated heterocycles. The predicted molar refractivity (Wildman–Crippen MR) is 145 cm³/mol. The average Bonchev–Trinajstić information content (AvgIpc) is 3.24. The van der Waals surface area contributed by atoms with Crippen molar-refractivity contribution in [3.05, 3.63) is 54.0 Å². The van der Waals surface area contributed by atoms with E-state index in [0.29, 0.717) is 49.2 Å². The van der Waals surface area contributed by atoms with Crippen LogP contribution >= 0.6 is 0 Å². The molecule has 0 radical (unpaired) electrons. The molecule has 3 aromatic rings. The SMILES string of the molecule is CC(C)(O)NC(=O)CN1CCN(C(=O)Cc2cc(F)ccc2Oc2ccc3c(cnn3CC3CCC3)c2)CC1. The molecule has 39 heavy (non-hydrogen) atoms. The first-order valence-electron chi connectivity index (χ1n) is 13.6. The van der Waals surface area contributed by atoms with E-state index >= 15 is 0 Å². The van der Waals surface area contributed by atoms with Gasteiger partial charge in [-0.25, -0.2) is 4.39 Å². The van der Waals surface area contributed by atoms with Crippen LogP contribution in [0.15, 0.2) is 42.6 Å². The number of nitrogens with one attached hydrogen (secondary N) is 1. The summed E-state index contributed by atoms with van der Waals surface area (Å²) in [6, 6.07) is 10.0. The van der Waals surface area contributed by atoms with Crippen LogP contribution in [0.4, 0.5) is 4.39 Å². The fourth-order valence-electron chi connectivity index (χ4n) is 5.12. The van der Waals surface area contributed by atoms with Gasteiger partial charge in [-0.05, 0) is 69.0 Å². The van der Waals surface area contributed by atoms with Crippen molar-refractivity contribution in [3.63, 3.8) is 0 Å². The van der Waals surface area contributed by atoms with Crippen LogP contribution in [0.1, 0.15) is 38.7 Å². The van der Waals surface area contributed by atoms with Crippen LogP contribution in [-0.4, -0.2) is 74.9 Å². The maximum absolute atomic E-state index is 14.2. The van der Waals surface area contributed by atoms with Gasteiger partial charge < -0.3 is 20.1 Å². The lowest BCUT2D eigenvalue weighted by Gasteiger charge is -2.35. The molecule has 1 saturated carbocycles. The van der Waals surface area contributed by atoms with E-state index in [1.165, 1.54) is 45.2 Å². The van der Waals surface area contributed by atoms with E-state index in [9.17, 15) is 19.1 Å². The van der Waals surface area contributed by atoms with Gasteiger partial charge >= 0.3 is 0 Å². The lowest BCUT2D eigenvalue weighted by molar-refractivity contribution is -0.133. The minimum atomic E-state index is -1.27. The van der Waals surface area contributed by atoms with Crippen molar-refractivity contribution in [2.24, 2.45) is 5.92 Å². The summed E-state index contributed by atoms with van der Waals surface area (Å²) in [7, 11) is 0. The van der Waals surface area contributed by atoms with E-state index in [0.717, 1.165) is 17.4 Å². The molecule has 1 aliphatic carbocycles. The summed E-state index contributed by atoms with van der Waals surface area (Å²) in [5, 5.41) is 17.8. The predicted octanol–water partition coefficient (Wildman–Crippen LogP) is 3.30. The Kier molecular flexibility index (Phi) is 7.86. The number of nitrogens with zero attached hydrogens (tertiary/aromatic N) is 4. The lowest BCUT2D eigenvalue weighted by Crippen LogP contribution is -2.53. The van der Waals surface area contributed by atoms with Crippen LogP contribution in [0, 0.1) is 11.7 Å². The third kappa shape index (κ3) is 6.93.